The van der Waals surface area contributed by atoms with Crippen molar-refractivity contribution in [1.29, 1.82) is 0 Å². The predicted molar refractivity (Wildman–Crippen MR) is 108 cm³/mol. The van der Waals surface area contributed by atoms with Crippen molar-refractivity contribution in [2.24, 2.45) is 46.3 Å². The topological polar surface area (TPSA) is 0 Å². The molecule has 0 spiro atoms. The lowest BCUT2D eigenvalue weighted by Crippen LogP contribution is -2.38. The molecule has 0 saturated heterocycles. The van der Waals surface area contributed by atoms with Crippen LogP contribution in [-0.2, 0) is 0 Å². The molecule has 0 amide bonds. The Kier molecular flexibility index (Phi) is 6.53. The fraction of sp³-hybridized carbons (Fsp3) is 1.00. The van der Waals surface area contributed by atoms with E-state index in [2.05, 4.69) is 55.4 Å². The highest BCUT2D eigenvalue weighted by molar-refractivity contribution is 5.12. The molecule has 24 heavy (non-hydrogen) atoms. The van der Waals surface area contributed by atoms with Crippen molar-refractivity contribution in [3.63, 3.8) is 0 Å². The summed E-state index contributed by atoms with van der Waals surface area (Å²) < 4.78 is 0. The summed E-state index contributed by atoms with van der Waals surface area (Å²) in [6, 6.07) is 0. The van der Waals surface area contributed by atoms with Crippen LogP contribution in [0.4, 0.5) is 0 Å². The third kappa shape index (κ3) is 4.39. The molecule has 0 nitrogen and oxygen atoms in total. The van der Waals surface area contributed by atoms with E-state index in [1.165, 1.54) is 44.9 Å². The highest BCUT2D eigenvalue weighted by Gasteiger charge is 2.63. The first-order chi connectivity index (χ1) is 11.1. The van der Waals surface area contributed by atoms with E-state index in [-0.39, 0.29) is 0 Å². The normalized spacial score (nSPS) is 35.6. The van der Waals surface area contributed by atoms with Gasteiger partial charge in [-0.3, -0.25) is 0 Å². The molecular formula is C24H46. The van der Waals surface area contributed by atoms with Crippen molar-refractivity contribution < 1.29 is 0 Å². The molecule has 4 unspecified atom stereocenters. The summed E-state index contributed by atoms with van der Waals surface area (Å²) in [6.07, 6.45) is 11.7. The number of hydrogen-bond acceptors (Lipinski definition) is 0. The first-order valence-electron chi connectivity index (χ1n) is 11.1. The van der Waals surface area contributed by atoms with Gasteiger partial charge in [0.1, 0.15) is 0 Å². The highest BCUT2D eigenvalue weighted by Crippen LogP contribution is 2.71. The Morgan fingerprint density at radius 2 is 1.71 bits per heavy atom. The molecule has 0 heteroatoms. The van der Waals surface area contributed by atoms with Gasteiger partial charge in [-0.1, -0.05) is 68.2 Å². The lowest BCUT2D eigenvalue weighted by atomic mass is 9.59. The van der Waals surface area contributed by atoms with Crippen LogP contribution in [0.5, 0.6) is 0 Å². The zero-order valence-corrected chi connectivity index (χ0v) is 18.1. The summed E-state index contributed by atoms with van der Waals surface area (Å²) in [5, 5.41) is 0. The molecule has 0 aromatic carbocycles. The predicted octanol–water partition coefficient (Wildman–Crippen LogP) is 7.96. The van der Waals surface area contributed by atoms with E-state index in [0.29, 0.717) is 5.41 Å². The van der Waals surface area contributed by atoms with Crippen LogP contribution in [0.15, 0.2) is 0 Å². The van der Waals surface area contributed by atoms with E-state index < -0.39 is 0 Å². The standard InChI is InChI=1S/C24H46/c1-9-12-23(7,8)15-19(5)20(6)24(22-13-18(4)14-22)16-21(24)11-10-17(2)3/h17-22H,9-16H2,1-8H3. The molecule has 0 N–H and O–H groups in total. The Bertz CT molecular complexity index is 387. The average Bonchev–Trinajstić information content (AvgIpc) is 3.15. The van der Waals surface area contributed by atoms with Crippen LogP contribution in [-0.4, -0.2) is 0 Å². The first-order valence-corrected chi connectivity index (χ1v) is 11.1. The molecule has 2 aliphatic rings. The van der Waals surface area contributed by atoms with Gasteiger partial charge in [0.05, 0.1) is 0 Å². The summed E-state index contributed by atoms with van der Waals surface area (Å²) in [7, 11) is 0. The molecule has 2 rings (SSSR count). The largest absolute Gasteiger partial charge is 0.0654 e. The minimum atomic E-state index is 0.527. The van der Waals surface area contributed by atoms with E-state index in [1.54, 1.807) is 6.42 Å². The Hall–Kier alpha value is 0. The molecule has 0 aromatic heterocycles. The van der Waals surface area contributed by atoms with Gasteiger partial charge in [-0.05, 0) is 84.9 Å². The van der Waals surface area contributed by atoms with E-state index in [9.17, 15) is 0 Å². The molecule has 4 atom stereocenters. The molecule has 0 bridgehead atoms. The molecule has 0 heterocycles. The zero-order valence-electron chi connectivity index (χ0n) is 18.1. The summed E-state index contributed by atoms with van der Waals surface area (Å²) in [5.41, 5.74) is 1.25. The van der Waals surface area contributed by atoms with Crippen LogP contribution in [0, 0.1) is 46.3 Å². The number of hydrogen-bond donors (Lipinski definition) is 0. The number of rotatable bonds is 10. The second-order valence-corrected chi connectivity index (χ2v) is 11.1. The Balaban J connectivity index is 2.02. The van der Waals surface area contributed by atoms with Crippen LogP contribution >= 0.6 is 0 Å². The Morgan fingerprint density at radius 3 is 2.21 bits per heavy atom. The molecule has 0 radical (unpaired) electrons. The summed E-state index contributed by atoms with van der Waals surface area (Å²) in [4.78, 5) is 0. The van der Waals surface area contributed by atoms with Gasteiger partial charge < -0.3 is 0 Å². The quantitative estimate of drug-likeness (QED) is 0.380. The molecule has 0 aromatic rings. The molecule has 142 valence electrons. The lowest BCUT2D eigenvalue weighted by molar-refractivity contribution is 0.0332. The smallest absolute Gasteiger partial charge is 0.0209 e. The van der Waals surface area contributed by atoms with Crippen molar-refractivity contribution in [3.8, 4) is 0 Å². The SMILES string of the molecule is CCCC(C)(C)CC(C)C(C)C1(C2CC(C)C2)CC1CCC(C)C. The van der Waals surface area contributed by atoms with Crippen molar-refractivity contribution in [2.45, 2.75) is 107 Å². The van der Waals surface area contributed by atoms with Gasteiger partial charge in [-0.2, -0.15) is 0 Å². The van der Waals surface area contributed by atoms with Gasteiger partial charge in [-0.25, -0.2) is 0 Å². The minimum Gasteiger partial charge on any atom is -0.0654 e. The zero-order chi connectivity index (χ0) is 18.1. The molecule has 2 aliphatic carbocycles. The van der Waals surface area contributed by atoms with Gasteiger partial charge in [0, 0.05) is 0 Å². The molecule has 2 fully saturated rings. The fourth-order valence-corrected chi connectivity index (χ4v) is 6.40. The lowest BCUT2D eigenvalue weighted by Gasteiger charge is -2.46. The molecule has 2 saturated carbocycles. The minimum absolute atomic E-state index is 0.527. The summed E-state index contributed by atoms with van der Waals surface area (Å²) >= 11 is 0. The molecular weight excluding hydrogens is 288 g/mol. The Morgan fingerprint density at radius 1 is 1.08 bits per heavy atom. The summed E-state index contributed by atoms with van der Waals surface area (Å²) in [6.45, 7) is 19.8. The van der Waals surface area contributed by atoms with Crippen molar-refractivity contribution in [2.75, 3.05) is 0 Å². The maximum atomic E-state index is 2.63. The van der Waals surface area contributed by atoms with Crippen LogP contribution in [0.2, 0.25) is 0 Å². The van der Waals surface area contributed by atoms with Gasteiger partial charge in [0.2, 0.25) is 0 Å². The highest BCUT2D eigenvalue weighted by atomic mass is 14.7. The molecule has 0 aliphatic heterocycles. The first kappa shape index (κ1) is 20.3. The summed E-state index contributed by atoms with van der Waals surface area (Å²) in [5.74, 6) is 5.77. The van der Waals surface area contributed by atoms with Crippen LogP contribution in [0.3, 0.4) is 0 Å². The van der Waals surface area contributed by atoms with E-state index in [4.69, 9.17) is 0 Å². The van der Waals surface area contributed by atoms with Crippen LogP contribution < -0.4 is 0 Å². The van der Waals surface area contributed by atoms with E-state index in [1.807, 2.05) is 0 Å². The fourth-order valence-electron chi connectivity index (χ4n) is 6.40. The average molecular weight is 335 g/mol. The van der Waals surface area contributed by atoms with Crippen molar-refractivity contribution >= 4 is 0 Å². The maximum absolute atomic E-state index is 2.63. The second kappa shape index (κ2) is 7.71. The monoisotopic (exact) mass is 334 g/mol. The van der Waals surface area contributed by atoms with E-state index >= 15 is 0 Å². The third-order valence-electron chi connectivity index (χ3n) is 7.93. The van der Waals surface area contributed by atoms with Crippen molar-refractivity contribution in [1.82, 2.24) is 0 Å². The van der Waals surface area contributed by atoms with Gasteiger partial charge in [-0.15, -0.1) is 0 Å². The maximum Gasteiger partial charge on any atom is -0.0209 e. The Labute approximate surface area is 153 Å². The van der Waals surface area contributed by atoms with Gasteiger partial charge in [0.25, 0.3) is 0 Å². The van der Waals surface area contributed by atoms with Crippen LogP contribution in [0.25, 0.3) is 0 Å². The van der Waals surface area contributed by atoms with Gasteiger partial charge in [0.15, 0.2) is 0 Å². The van der Waals surface area contributed by atoms with Crippen LogP contribution in [0.1, 0.15) is 107 Å². The van der Waals surface area contributed by atoms with E-state index in [0.717, 1.165) is 40.9 Å². The van der Waals surface area contributed by atoms with Crippen molar-refractivity contribution in [3.05, 3.63) is 0 Å². The second-order valence-electron chi connectivity index (χ2n) is 11.1. The third-order valence-corrected chi connectivity index (χ3v) is 7.93. The van der Waals surface area contributed by atoms with Gasteiger partial charge >= 0.3 is 0 Å².